The van der Waals surface area contributed by atoms with Crippen LogP contribution in [0.4, 0.5) is 0 Å². The number of likely N-dealkylation sites (N-methyl/N-ethyl adjacent to an activating group) is 1. The molecule has 1 heterocycles. The molecule has 1 aliphatic heterocycles. The number of fused-ring (bicyclic) bond motifs is 1. The molecule has 1 aliphatic rings. The lowest BCUT2D eigenvalue weighted by atomic mass is 10.1. The molecule has 0 fully saturated rings. The normalized spacial score (nSPS) is 15.0. The minimum Gasteiger partial charge on any atom is -0.454 e. The van der Waals surface area contributed by atoms with Gasteiger partial charge in [0.1, 0.15) is 0 Å². The van der Waals surface area contributed by atoms with Crippen molar-refractivity contribution in [3.8, 4) is 11.5 Å². The highest BCUT2D eigenvalue weighted by atomic mass is 16.7. The third-order valence-electron chi connectivity index (χ3n) is 2.94. The molecule has 2 rings (SSSR count). The van der Waals surface area contributed by atoms with Crippen molar-refractivity contribution >= 4 is 5.91 Å². The molecule has 0 radical (unpaired) electrons. The molecule has 1 atom stereocenters. The van der Waals surface area contributed by atoms with E-state index in [1.165, 1.54) is 0 Å². The van der Waals surface area contributed by atoms with Crippen LogP contribution in [-0.2, 0) is 11.3 Å². The lowest BCUT2D eigenvalue weighted by Gasteiger charge is -2.21. The summed E-state index contributed by atoms with van der Waals surface area (Å²) >= 11 is 0. The Morgan fingerprint density at radius 3 is 2.88 bits per heavy atom. The van der Waals surface area contributed by atoms with Gasteiger partial charge in [-0.1, -0.05) is 6.07 Å². The lowest BCUT2D eigenvalue weighted by molar-refractivity contribution is -0.122. The fourth-order valence-electron chi connectivity index (χ4n) is 1.68. The van der Waals surface area contributed by atoms with Crippen LogP contribution in [0.1, 0.15) is 12.5 Å². The van der Waals surface area contributed by atoms with Crippen molar-refractivity contribution in [1.82, 2.24) is 4.90 Å². The molecule has 0 aromatic heterocycles. The number of primary amides is 1. The first-order valence-corrected chi connectivity index (χ1v) is 5.46. The Morgan fingerprint density at radius 1 is 1.47 bits per heavy atom. The number of carbonyl (C=O) groups is 1. The van der Waals surface area contributed by atoms with E-state index < -0.39 is 0 Å². The van der Waals surface area contributed by atoms with Gasteiger partial charge < -0.3 is 15.2 Å². The van der Waals surface area contributed by atoms with Crippen LogP contribution in [0.2, 0.25) is 0 Å². The van der Waals surface area contributed by atoms with Crippen LogP contribution in [0.3, 0.4) is 0 Å². The molecule has 1 aromatic carbocycles. The maximum absolute atomic E-state index is 11.1. The average molecular weight is 236 g/mol. The summed E-state index contributed by atoms with van der Waals surface area (Å²) in [5, 5.41) is 0. The quantitative estimate of drug-likeness (QED) is 0.836. The number of rotatable bonds is 4. The van der Waals surface area contributed by atoms with Gasteiger partial charge in [0, 0.05) is 6.54 Å². The molecule has 17 heavy (non-hydrogen) atoms. The van der Waals surface area contributed by atoms with E-state index in [9.17, 15) is 4.79 Å². The van der Waals surface area contributed by atoms with Crippen LogP contribution in [-0.4, -0.2) is 30.7 Å². The first-order valence-electron chi connectivity index (χ1n) is 5.46. The van der Waals surface area contributed by atoms with Gasteiger partial charge in [0.05, 0.1) is 6.04 Å². The summed E-state index contributed by atoms with van der Waals surface area (Å²) < 4.78 is 10.5. The lowest BCUT2D eigenvalue weighted by Crippen LogP contribution is -2.39. The van der Waals surface area contributed by atoms with Crippen molar-refractivity contribution in [2.24, 2.45) is 5.73 Å². The van der Waals surface area contributed by atoms with Crippen molar-refractivity contribution in [2.45, 2.75) is 19.5 Å². The Hall–Kier alpha value is -1.75. The van der Waals surface area contributed by atoms with E-state index in [2.05, 4.69) is 0 Å². The van der Waals surface area contributed by atoms with Gasteiger partial charge in [-0.15, -0.1) is 0 Å². The Bertz CT molecular complexity index is 434. The molecule has 5 heteroatoms. The Kier molecular flexibility index (Phi) is 3.19. The van der Waals surface area contributed by atoms with E-state index >= 15 is 0 Å². The monoisotopic (exact) mass is 236 g/mol. The summed E-state index contributed by atoms with van der Waals surface area (Å²) in [6.07, 6.45) is 0. The zero-order valence-corrected chi connectivity index (χ0v) is 9.97. The van der Waals surface area contributed by atoms with Crippen molar-refractivity contribution < 1.29 is 14.3 Å². The minimum atomic E-state index is -0.326. The second-order valence-corrected chi connectivity index (χ2v) is 4.18. The third-order valence-corrected chi connectivity index (χ3v) is 2.94. The van der Waals surface area contributed by atoms with E-state index in [0.29, 0.717) is 6.54 Å². The number of nitrogens with two attached hydrogens (primary N) is 1. The average Bonchev–Trinajstić information content (AvgIpc) is 2.74. The maximum atomic E-state index is 11.1. The van der Waals surface area contributed by atoms with E-state index in [1.54, 1.807) is 6.92 Å². The highest BCUT2D eigenvalue weighted by molar-refractivity contribution is 5.79. The number of nitrogens with zero attached hydrogens (tertiary/aromatic N) is 1. The molecule has 2 N–H and O–H groups in total. The van der Waals surface area contributed by atoms with E-state index in [1.807, 2.05) is 30.1 Å². The van der Waals surface area contributed by atoms with Crippen LogP contribution < -0.4 is 15.2 Å². The molecule has 1 unspecified atom stereocenters. The SMILES string of the molecule is CC(C(N)=O)N(C)Cc1ccc2c(c1)OCO2. The molecule has 0 bridgehead atoms. The third kappa shape index (κ3) is 2.50. The second kappa shape index (κ2) is 4.63. The van der Waals surface area contributed by atoms with Gasteiger partial charge in [0.25, 0.3) is 0 Å². The zero-order chi connectivity index (χ0) is 12.4. The molecule has 0 aliphatic carbocycles. The molecular weight excluding hydrogens is 220 g/mol. The topological polar surface area (TPSA) is 64.8 Å². The largest absolute Gasteiger partial charge is 0.454 e. The molecule has 5 nitrogen and oxygen atoms in total. The Morgan fingerprint density at radius 2 is 2.18 bits per heavy atom. The predicted octanol–water partition coefficient (Wildman–Crippen LogP) is 0.721. The fraction of sp³-hybridized carbons (Fsp3) is 0.417. The van der Waals surface area contributed by atoms with Crippen molar-refractivity contribution in [1.29, 1.82) is 0 Å². The van der Waals surface area contributed by atoms with Gasteiger partial charge in [-0.2, -0.15) is 0 Å². The highest BCUT2D eigenvalue weighted by Gasteiger charge is 2.17. The molecule has 0 spiro atoms. The molecule has 1 amide bonds. The van der Waals surface area contributed by atoms with Gasteiger partial charge in [0.2, 0.25) is 12.7 Å². The molecular formula is C12H16N2O3. The second-order valence-electron chi connectivity index (χ2n) is 4.18. The van der Waals surface area contributed by atoms with Gasteiger partial charge >= 0.3 is 0 Å². The van der Waals surface area contributed by atoms with E-state index in [0.717, 1.165) is 17.1 Å². The van der Waals surface area contributed by atoms with E-state index in [-0.39, 0.29) is 18.7 Å². The van der Waals surface area contributed by atoms with Crippen LogP contribution in [0, 0.1) is 0 Å². The first-order chi connectivity index (χ1) is 8.08. The van der Waals surface area contributed by atoms with Gasteiger partial charge in [-0.05, 0) is 31.7 Å². The molecule has 92 valence electrons. The number of hydrogen-bond acceptors (Lipinski definition) is 4. The van der Waals surface area contributed by atoms with Crippen LogP contribution in [0.15, 0.2) is 18.2 Å². The Labute approximate surface area is 100 Å². The standard InChI is InChI=1S/C12H16N2O3/c1-8(12(13)15)14(2)6-9-3-4-10-11(5-9)17-7-16-10/h3-5,8H,6-7H2,1-2H3,(H2,13,15). The number of amides is 1. The van der Waals surface area contributed by atoms with Crippen molar-refractivity contribution in [3.63, 3.8) is 0 Å². The van der Waals surface area contributed by atoms with Crippen molar-refractivity contribution in [2.75, 3.05) is 13.8 Å². The van der Waals surface area contributed by atoms with Crippen LogP contribution in [0.5, 0.6) is 11.5 Å². The first kappa shape index (κ1) is 11.7. The van der Waals surface area contributed by atoms with Crippen LogP contribution >= 0.6 is 0 Å². The number of hydrogen-bond donors (Lipinski definition) is 1. The van der Waals surface area contributed by atoms with Gasteiger partial charge in [0.15, 0.2) is 11.5 Å². The summed E-state index contributed by atoms with van der Waals surface area (Å²) in [5.41, 5.74) is 6.32. The summed E-state index contributed by atoms with van der Waals surface area (Å²) in [4.78, 5) is 12.9. The summed E-state index contributed by atoms with van der Waals surface area (Å²) in [5.74, 6) is 1.19. The minimum absolute atomic E-state index is 0.270. The smallest absolute Gasteiger partial charge is 0.234 e. The number of carbonyl (C=O) groups excluding carboxylic acids is 1. The predicted molar refractivity (Wildman–Crippen MR) is 62.7 cm³/mol. The van der Waals surface area contributed by atoms with Crippen LogP contribution in [0.25, 0.3) is 0 Å². The van der Waals surface area contributed by atoms with Crippen molar-refractivity contribution in [3.05, 3.63) is 23.8 Å². The summed E-state index contributed by atoms with van der Waals surface area (Å²) in [7, 11) is 1.86. The molecule has 1 aromatic rings. The zero-order valence-electron chi connectivity index (χ0n) is 9.97. The van der Waals surface area contributed by atoms with E-state index in [4.69, 9.17) is 15.2 Å². The number of benzene rings is 1. The fourth-order valence-corrected chi connectivity index (χ4v) is 1.68. The summed E-state index contributed by atoms with van der Waals surface area (Å²) in [6, 6.07) is 5.46. The molecule has 0 saturated carbocycles. The Balaban J connectivity index is 2.06. The summed E-state index contributed by atoms with van der Waals surface area (Å²) in [6.45, 7) is 2.70. The van der Waals surface area contributed by atoms with Gasteiger partial charge in [-0.3, -0.25) is 9.69 Å². The van der Waals surface area contributed by atoms with Gasteiger partial charge in [-0.25, -0.2) is 0 Å². The highest BCUT2D eigenvalue weighted by Crippen LogP contribution is 2.32. The number of ether oxygens (including phenoxy) is 2. The molecule has 0 saturated heterocycles. The maximum Gasteiger partial charge on any atom is 0.234 e.